The van der Waals surface area contributed by atoms with Crippen molar-refractivity contribution in [2.45, 2.75) is 59.3 Å². The van der Waals surface area contributed by atoms with E-state index in [0.717, 1.165) is 31.1 Å². The summed E-state index contributed by atoms with van der Waals surface area (Å²) in [4.78, 5) is 8.80. The van der Waals surface area contributed by atoms with Crippen molar-refractivity contribution >= 4 is 11.6 Å². The average molecular weight is 276 g/mol. The summed E-state index contributed by atoms with van der Waals surface area (Å²) in [5, 5.41) is 6.91. The summed E-state index contributed by atoms with van der Waals surface area (Å²) in [5.74, 6) is 1.98. The van der Waals surface area contributed by atoms with Gasteiger partial charge in [0.05, 0.1) is 0 Å². The lowest BCUT2D eigenvalue weighted by Gasteiger charge is -2.34. The molecule has 1 aliphatic rings. The van der Waals surface area contributed by atoms with E-state index in [1.54, 1.807) is 6.33 Å². The van der Waals surface area contributed by atoms with Gasteiger partial charge in [0.25, 0.3) is 0 Å². The molecule has 0 bridgehead atoms. The first-order valence-corrected chi connectivity index (χ1v) is 8.00. The van der Waals surface area contributed by atoms with Gasteiger partial charge < -0.3 is 10.6 Å². The Bertz CT molecular complexity index is 424. The zero-order valence-corrected chi connectivity index (χ0v) is 13.1. The fourth-order valence-corrected chi connectivity index (χ4v) is 3.10. The minimum absolute atomic E-state index is 0.423. The van der Waals surface area contributed by atoms with Crippen molar-refractivity contribution in [1.29, 1.82) is 0 Å². The lowest BCUT2D eigenvalue weighted by molar-refractivity contribution is 0.233. The van der Waals surface area contributed by atoms with Crippen LogP contribution in [0.2, 0.25) is 0 Å². The molecule has 1 fully saturated rings. The summed E-state index contributed by atoms with van der Waals surface area (Å²) in [7, 11) is 0. The normalized spacial score (nSPS) is 17.8. The molecule has 1 aromatic heterocycles. The molecule has 0 saturated heterocycles. The zero-order chi connectivity index (χ0) is 14.4. The van der Waals surface area contributed by atoms with Gasteiger partial charge in [0.2, 0.25) is 0 Å². The standard InChI is InChI=1S/C16H28N4/c1-4-13-14(17-5-2)19-12-20-15(13)18-11-16(3)9-7-6-8-10-16/h12H,4-11H2,1-3H3,(H2,17,18,19,20). The Balaban J connectivity index is 2.06. The van der Waals surface area contributed by atoms with Crippen molar-refractivity contribution in [3.8, 4) is 0 Å². The molecular weight excluding hydrogens is 248 g/mol. The van der Waals surface area contributed by atoms with E-state index in [1.165, 1.54) is 37.7 Å². The number of rotatable bonds is 6. The number of anilines is 2. The third kappa shape index (κ3) is 3.62. The first-order valence-electron chi connectivity index (χ1n) is 8.00. The SMILES string of the molecule is CCNc1ncnc(NCC2(C)CCCCC2)c1CC. The third-order valence-corrected chi connectivity index (χ3v) is 4.39. The van der Waals surface area contributed by atoms with Gasteiger partial charge in [0.15, 0.2) is 0 Å². The molecule has 20 heavy (non-hydrogen) atoms. The van der Waals surface area contributed by atoms with E-state index >= 15 is 0 Å². The average Bonchev–Trinajstić information content (AvgIpc) is 2.46. The van der Waals surface area contributed by atoms with Crippen molar-refractivity contribution in [2.75, 3.05) is 23.7 Å². The van der Waals surface area contributed by atoms with Crippen LogP contribution in [-0.2, 0) is 6.42 Å². The van der Waals surface area contributed by atoms with Crippen LogP contribution in [-0.4, -0.2) is 23.1 Å². The minimum atomic E-state index is 0.423. The van der Waals surface area contributed by atoms with Crippen molar-refractivity contribution in [3.05, 3.63) is 11.9 Å². The highest BCUT2D eigenvalue weighted by Gasteiger charge is 2.26. The van der Waals surface area contributed by atoms with Gasteiger partial charge in [0, 0.05) is 18.7 Å². The number of nitrogens with one attached hydrogen (secondary N) is 2. The van der Waals surface area contributed by atoms with Crippen LogP contribution in [0.4, 0.5) is 11.6 Å². The molecule has 0 unspecified atom stereocenters. The Hall–Kier alpha value is -1.32. The third-order valence-electron chi connectivity index (χ3n) is 4.39. The van der Waals surface area contributed by atoms with E-state index < -0.39 is 0 Å². The molecule has 2 N–H and O–H groups in total. The van der Waals surface area contributed by atoms with Crippen LogP contribution >= 0.6 is 0 Å². The fraction of sp³-hybridized carbons (Fsp3) is 0.750. The summed E-state index contributed by atoms with van der Waals surface area (Å²) in [6, 6.07) is 0. The molecule has 0 spiro atoms. The monoisotopic (exact) mass is 276 g/mol. The van der Waals surface area contributed by atoms with Gasteiger partial charge in [-0.25, -0.2) is 9.97 Å². The summed E-state index contributed by atoms with van der Waals surface area (Å²) in [5.41, 5.74) is 1.63. The molecule has 4 nitrogen and oxygen atoms in total. The topological polar surface area (TPSA) is 49.8 Å². The molecule has 112 valence electrons. The largest absolute Gasteiger partial charge is 0.370 e. The van der Waals surface area contributed by atoms with Crippen molar-refractivity contribution in [3.63, 3.8) is 0 Å². The maximum atomic E-state index is 4.45. The van der Waals surface area contributed by atoms with E-state index in [0.29, 0.717) is 5.41 Å². The second-order valence-electron chi connectivity index (χ2n) is 6.16. The van der Waals surface area contributed by atoms with E-state index in [1.807, 2.05) is 0 Å². The molecule has 1 heterocycles. The summed E-state index contributed by atoms with van der Waals surface area (Å²) in [6.45, 7) is 8.56. The predicted molar refractivity (Wildman–Crippen MR) is 85.3 cm³/mol. The Morgan fingerprint density at radius 3 is 2.30 bits per heavy atom. The van der Waals surface area contributed by atoms with Gasteiger partial charge in [-0.2, -0.15) is 0 Å². The molecule has 0 radical (unpaired) electrons. The van der Waals surface area contributed by atoms with E-state index in [2.05, 4.69) is 41.4 Å². The number of hydrogen-bond acceptors (Lipinski definition) is 4. The number of aromatic nitrogens is 2. The van der Waals surface area contributed by atoms with Crippen LogP contribution in [0.15, 0.2) is 6.33 Å². The van der Waals surface area contributed by atoms with E-state index in [4.69, 9.17) is 0 Å². The van der Waals surface area contributed by atoms with Crippen molar-refractivity contribution in [1.82, 2.24) is 9.97 Å². The quantitative estimate of drug-likeness (QED) is 0.828. The smallest absolute Gasteiger partial charge is 0.134 e. The Labute approximate surface area is 122 Å². The lowest BCUT2D eigenvalue weighted by Crippen LogP contribution is -2.29. The van der Waals surface area contributed by atoms with Crippen LogP contribution in [0.25, 0.3) is 0 Å². The Morgan fingerprint density at radius 1 is 1.05 bits per heavy atom. The fourth-order valence-electron chi connectivity index (χ4n) is 3.10. The molecule has 1 aromatic rings. The van der Waals surface area contributed by atoms with Gasteiger partial charge in [-0.15, -0.1) is 0 Å². The van der Waals surface area contributed by atoms with Gasteiger partial charge >= 0.3 is 0 Å². The van der Waals surface area contributed by atoms with Gasteiger partial charge in [0.1, 0.15) is 18.0 Å². The second-order valence-corrected chi connectivity index (χ2v) is 6.16. The van der Waals surface area contributed by atoms with Crippen LogP contribution in [0.3, 0.4) is 0 Å². The van der Waals surface area contributed by atoms with Crippen LogP contribution in [0.1, 0.15) is 58.4 Å². The summed E-state index contributed by atoms with van der Waals surface area (Å²) < 4.78 is 0. The van der Waals surface area contributed by atoms with Gasteiger partial charge in [-0.3, -0.25) is 0 Å². The van der Waals surface area contributed by atoms with Crippen LogP contribution < -0.4 is 10.6 Å². The highest BCUT2D eigenvalue weighted by Crippen LogP contribution is 2.36. The van der Waals surface area contributed by atoms with Crippen molar-refractivity contribution in [2.24, 2.45) is 5.41 Å². The van der Waals surface area contributed by atoms with Crippen LogP contribution in [0.5, 0.6) is 0 Å². The van der Waals surface area contributed by atoms with Gasteiger partial charge in [-0.1, -0.05) is 33.1 Å². The molecule has 1 saturated carbocycles. The second kappa shape index (κ2) is 6.91. The minimum Gasteiger partial charge on any atom is -0.370 e. The molecule has 0 atom stereocenters. The van der Waals surface area contributed by atoms with Gasteiger partial charge in [-0.05, 0) is 31.6 Å². The number of nitrogens with zero attached hydrogens (tertiary/aromatic N) is 2. The first-order chi connectivity index (χ1) is 9.68. The Morgan fingerprint density at radius 2 is 1.70 bits per heavy atom. The predicted octanol–water partition coefficient (Wildman–Crippen LogP) is 3.85. The molecule has 1 aliphatic carbocycles. The first kappa shape index (κ1) is 15.1. The maximum Gasteiger partial charge on any atom is 0.134 e. The number of hydrogen-bond donors (Lipinski definition) is 2. The molecule has 0 aliphatic heterocycles. The van der Waals surface area contributed by atoms with Crippen molar-refractivity contribution < 1.29 is 0 Å². The molecule has 4 heteroatoms. The Kier molecular flexibility index (Phi) is 5.21. The highest BCUT2D eigenvalue weighted by molar-refractivity contribution is 5.57. The lowest BCUT2D eigenvalue weighted by atomic mass is 9.76. The molecule has 0 amide bonds. The van der Waals surface area contributed by atoms with E-state index in [-0.39, 0.29) is 0 Å². The molecule has 0 aromatic carbocycles. The summed E-state index contributed by atoms with van der Waals surface area (Å²) in [6.07, 6.45) is 9.38. The maximum absolute atomic E-state index is 4.45. The molecule has 2 rings (SSSR count). The zero-order valence-electron chi connectivity index (χ0n) is 13.1. The van der Waals surface area contributed by atoms with E-state index in [9.17, 15) is 0 Å². The summed E-state index contributed by atoms with van der Waals surface area (Å²) >= 11 is 0. The van der Waals surface area contributed by atoms with Crippen LogP contribution in [0, 0.1) is 5.41 Å². The highest BCUT2D eigenvalue weighted by atomic mass is 15.1. The molecular formula is C16H28N4.